The standard InChI is InChI=1S/C25H30ClF3N6O2/c1-15-21(24(37)34-9-6-18(7-10-34)35-8-5-17(13-35)23(36)30-2)32-14-33-22(15)31-12-16-3-4-19(20(26)11-16)25(27,28)29/h3-4,11,14,17-18H,5-10,12-13H2,1-2H3,(H,30,36)(H,31,32,33). The minimum absolute atomic E-state index is 0.0258. The van der Waals surface area contributed by atoms with Gasteiger partial charge in [0, 0.05) is 44.8 Å². The summed E-state index contributed by atoms with van der Waals surface area (Å²) in [7, 11) is 1.66. The van der Waals surface area contributed by atoms with Gasteiger partial charge in [-0.3, -0.25) is 14.5 Å². The number of benzene rings is 1. The second kappa shape index (κ2) is 11.2. The summed E-state index contributed by atoms with van der Waals surface area (Å²) in [5, 5.41) is 5.43. The molecule has 0 aliphatic carbocycles. The van der Waals surface area contributed by atoms with Gasteiger partial charge in [-0.2, -0.15) is 13.2 Å². The third-order valence-electron chi connectivity index (χ3n) is 7.19. The summed E-state index contributed by atoms with van der Waals surface area (Å²) in [5.74, 6) is 0.364. The largest absolute Gasteiger partial charge is 0.417 e. The molecule has 200 valence electrons. The van der Waals surface area contributed by atoms with Gasteiger partial charge in [0.05, 0.1) is 16.5 Å². The smallest absolute Gasteiger partial charge is 0.366 e. The molecule has 8 nitrogen and oxygen atoms in total. The zero-order valence-corrected chi connectivity index (χ0v) is 21.5. The lowest BCUT2D eigenvalue weighted by molar-refractivity contribution is -0.137. The van der Waals surface area contributed by atoms with Crippen LogP contribution in [0.25, 0.3) is 0 Å². The third-order valence-corrected chi connectivity index (χ3v) is 7.50. The van der Waals surface area contributed by atoms with E-state index in [0.717, 1.165) is 38.4 Å². The van der Waals surface area contributed by atoms with Gasteiger partial charge in [0.1, 0.15) is 17.8 Å². The van der Waals surface area contributed by atoms with Crippen LogP contribution in [0.5, 0.6) is 0 Å². The number of anilines is 1. The van der Waals surface area contributed by atoms with Crippen molar-refractivity contribution in [3.63, 3.8) is 0 Å². The van der Waals surface area contributed by atoms with Gasteiger partial charge in [-0.1, -0.05) is 17.7 Å². The van der Waals surface area contributed by atoms with Crippen molar-refractivity contribution < 1.29 is 22.8 Å². The van der Waals surface area contributed by atoms with Gasteiger partial charge in [0.2, 0.25) is 5.91 Å². The number of halogens is 4. The van der Waals surface area contributed by atoms with E-state index in [4.69, 9.17) is 11.6 Å². The minimum atomic E-state index is -4.52. The molecule has 37 heavy (non-hydrogen) atoms. The van der Waals surface area contributed by atoms with Crippen LogP contribution in [0.2, 0.25) is 5.02 Å². The molecule has 2 aromatic rings. The van der Waals surface area contributed by atoms with Crippen molar-refractivity contribution in [2.75, 3.05) is 38.5 Å². The molecule has 0 bridgehead atoms. The van der Waals surface area contributed by atoms with Gasteiger partial charge in [0.25, 0.3) is 5.91 Å². The second-order valence-corrected chi connectivity index (χ2v) is 9.89. The highest BCUT2D eigenvalue weighted by Gasteiger charge is 2.35. The van der Waals surface area contributed by atoms with Gasteiger partial charge in [-0.05, 0) is 50.4 Å². The van der Waals surface area contributed by atoms with Crippen molar-refractivity contribution in [3.05, 3.63) is 51.9 Å². The zero-order chi connectivity index (χ0) is 26.7. The topological polar surface area (TPSA) is 90.5 Å². The van der Waals surface area contributed by atoms with Crippen LogP contribution < -0.4 is 10.6 Å². The molecule has 2 aliphatic heterocycles. The predicted molar refractivity (Wildman–Crippen MR) is 133 cm³/mol. The molecule has 2 saturated heterocycles. The van der Waals surface area contributed by atoms with Crippen molar-refractivity contribution in [1.29, 1.82) is 0 Å². The first-order valence-corrected chi connectivity index (χ1v) is 12.6. The number of alkyl halides is 3. The molecule has 0 spiro atoms. The molecule has 2 amide bonds. The average molecular weight is 539 g/mol. The summed E-state index contributed by atoms with van der Waals surface area (Å²) in [4.78, 5) is 37.8. The van der Waals surface area contributed by atoms with Gasteiger partial charge < -0.3 is 15.5 Å². The maximum Gasteiger partial charge on any atom is 0.417 e. The lowest BCUT2D eigenvalue weighted by Gasteiger charge is -2.36. The Hall–Kier alpha value is -2.92. The van der Waals surface area contributed by atoms with E-state index >= 15 is 0 Å². The van der Waals surface area contributed by atoms with Crippen LogP contribution in [-0.2, 0) is 17.5 Å². The molecule has 4 rings (SSSR count). The molecular formula is C25H30ClF3N6O2. The number of rotatable bonds is 6. The normalized spacial score (nSPS) is 19.2. The highest BCUT2D eigenvalue weighted by molar-refractivity contribution is 6.31. The molecule has 2 N–H and O–H groups in total. The van der Waals surface area contributed by atoms with Crippen LogP contribution in [0.3, 0.4) is 0 Å². The maximum absolute atomic E-state index is 13.2. The lowest BCUT2D eigenvalue weighted by atomic mass is 10.0. The molecule has 0 radical (unpaired) electrons. The lowest BCUT2D eigenvalue weighted by Crippen LogP contribution is -2.46. The first-order valence-electron chi connectivity index (χ1n) is 12.2. The first-order chi connectivity index (χ1) is 17.6. The number of aromatic nitrogens is 2. The third kappa shape index (κ3) is 6.15. The fourth-order valence-corrected chi connectivity index (χ4v) is 5.36. The van der Waals surface area contributed by atoms with Crippen LogP contribution >= 0.6 is 11.6 Å². The monoisotopic (exact) mass is 538 g/mol. The first kappa shape index (κ1) is 27.1. The van der Waals surface area contributed by atoms with Crippen molar-refractivity contribution in [3.8, 4) is 0 Å². The van der Waals surface area contributed by atoms with Gasteiger partial charge >= 0.3 is 6.18 Å². The van der Waals surface area contributed by atoms with E-state index in [2.05, 4.69) is 25.5 Å². The van der Waals surface area contributed by atoms with Gasteiger partial charge in [0.15, 0.2) is 0 Å². The summed E-state index contributed by atoms with van der Waals surface area (Å²) in [6, 6.07) is 3.91. The Morgan fingerprint density at radius 3 is 2.51 bits per heavy atom. The molecule has 3 heterocycles. The number of amides is 2. The Morgan fingerprint density at radius 2 is 1.86 bits per heavy atom. The van der Waals surface area contributed by atoms with Crippen LogP contribution in [0.4, 0.5) is 19.0 Å². The molecule has 12 heteroatoms. The van der Waals surface area contributed by atoms with E-state index in [1.54, 1.807) is 18.9 Å². The number of nitrogens with zero attached hydrogens (tertiary/aromatic N) is 4. The molecular weight excluding hydrogens is 509 g/mol. The number of likely N-dealkylation sites (tertiary alicyclic amines) is 2. The fraction of sp³-hybridized carbons (Fsp3) is 0.520. The molecule has 2 fully saturated rings. The number of carbonyl (C=O) groups is 2. The highest BCUT2D eigenvalue weighted by Crippen LogP contribution is 2.35. The highest BCUT2D eigenvalue weighted by atomic mass is 35.5. The number of carbonyl (C=O) groups excluding carboxylic acids is 2. The fourth-order valence-electron chi connectivity index (χ4n) is 5.05. The molecule has 1 atom stereocenters. The van der Waals surface area contributed by atoms with Crippen LogP contribution in [0.1, 0.15) is 46.4 Å². The summed E-state index contributed by atoms with van der Waals surface area (Å²) in [6.07, 6.45) is -0.698. The van der Waals surface area contributed by atoms with E-state index < -0.39 is 11.7 Å². The van der Waals surface area contributed by atoms with Crippen molar-refractivity contribution in [1.82, 2.24) is 25.1 Å². The number of piperidine rings is 1. The van der Waals surface area contributed by atoms with E-state index in [1.165, 1.54) is 18.5 Å². The van der Waals surface area contributed by atoms with Crippen LogP contribution in [0, 0.1) is 12.8 Å². The van der Waals surface area contributed by atoms with Gasteiger partial charge in [-0.25, -0.2) is 9.97 Å². The Morgan fingerprint density at radius 1 is 1.14 bits per heavy atom. The van der Waals surface area contributed by atoms with Crippen molar-refractivity contribution in [2.24, 2.45) is 5.92 Å². The Balaban J connectivity index is 1.35. The number of hydrogen-bond acceptors (Lipinski definition) is 6. The van der Waals surface area contributed by atoms with Gasteiger partial charge in [-0.15, -0.1) is 0 Å². The number of nitrogens with one attached hydrogen (secondary N) is 2. The van der Waals surface area contributed by atoms with E-state index in [1.807, 2.05) is 0 Å². The predicted octanol–water partition coefficient (Wildman–Crippen LogP) is 3.74. The summed E-state index contributed by atoms with van der Waals surface area (Å²) >= 11 is 5.81. The Bertz CT molecular complexity index is 1150. The molecule has 1 aromatic carbocycles. The molecule has 2 aliphatic rings. The Labute approximate surface area is 218 Å². The van der Waals surface area contributed by atoms with E-state index in [-0.39, 0.29) is 29.3 Å². The quantitative estimate of drug-likeness (QED) is 0.582. The molecule has 0 saturated carbocycles. The second-order valence-electron chi connectivity index (χ2n) is 9.48. The maximum atomic E-state index is 13.2. The molecule has 1 unspecified atom stereocenters. The van der Waals surface area contributed by atoms with E-state index in [9.17, 15) is 22.8 Å². The van der Waals surface area contributed by atoms with Crippen LogP contribution in [0.15, 0.2) is 24.5 Å². The summed E-state index contributed by atoms with van der Waals surface area (Å²) in [6.45, 7) is 4.76. The SMILES string of the molecule is CNC(=O)C1CCN(C2CCN(C(=O)c3ncnc(NCc4ccc(C(F)(F)F)c(Cl)c4)c3C)CC2)C1. The number of hydrogen-bond donors (Lipinski definition) is 2. The van der Waals surface area contributed by atoms with Crippen molar-refractivity contribution in [2.45, 2.75) is 44.9 Å². The van der Waals surface area contributed by atoms with Crippen LogP contribution in [-0.4, -0.2) is 70.9 Å². The van der Waals surface area contributed by atoms with Crippen molar-refractivity contribution >= 4 is 29.2 Å². The average Bonchev–Trinajstić information content (AvgIpc) is 3.37. The molecule has 1 aromatic heterocycles. The summed E-state index contributed by atoms with van der Waals surface area (Å²) in [5.41, 5.74) is 0.526. The minimum Gasteiger partial charge on any atom is -0.366 e. The van der Waals surface area contributed by atoms with E-state index in [0.29, 0.717) is 41.8 Å². The zero-order valence-electron chi connectivity index (χ0n) is 20.7. The Kier molecular flexibility index (Phi) is 8.23. The summed E-state index contributed by atoms with van der Waals surface area (Å²) < 4.78 is 38.8.